The maximum absolute atomic E-state index is 13.3. The van der Waals surface area contributed by atoms with Crippen LogP contribution in [0.4, 0.5) is 4.39 Å². The highest BCUT2D eigenvalue weighted by Gasteiger charge is 2.24. The summed E-state index contributed by atoms with van der Waals surface area (Å²) in [4.78, 5) is 0. The lowest BCUT2D eigenvalue weighted by atomic mass is 9.78. The normalized spacial score (nSPS) is 18.2. The molecule has 1 N–H and O–H groups in total. The summed E-state index contributed by atoms with van der Waals surface area (Å²) in [6.45, 7) is 0. The summed E-state index contributed by atoms with van der Waals surface area (Å²) in [5.74, 6) is -0.292. The van der Waals surface area contributed by atoms with Gasteiger partial charge < -0.3 is 5.41 Å². The first-order chi connectivity index (χ1) is 9.15. The van der Waals surface area contributed by atoms with Gasteiger partial charge in [-0.3, -0.25) is 0 Å². The highest BCUT2D eigenvalue weighted by Crippen LogP contribution is 2.36. The number of hydrogen-bond acceptors (Lipinski definition) is 1. The van der Waals surface area contributed by atoms with Crippen LogP contribution in [0, 0.1) is 11.2 Å². The lowest BCUT2D eigenvalue weighted by molar-refractivity contribution is 0.626. The molecule has 0 saturated heterocycles. The van der Waals surface area contributed by atoms with Crippen LogP contribution >= 0.6 is 11.6 Å². The van der Waals surface area contributed by atoms with Crippen LogP contribution in [0.2, 0.25) is 5.02 Å². The molecule has 2 aromatic rings. The van der Waals surface area contributed by atoms with Gasteiger partial charge in [-0.1, -0.05) is 41.9 Å². The van der Waals surface area contributed by atoms with E-state index in [1.807, 2.05) is 12.1 Å². The van der Waals surface area contributed by atoms with Gasteiger partial charge in [0.25, 0.3) is 0 Å². The van der Waals surface area contributed by atoms with Crippen LogP contribution < -0.4 is 0 Å². The molecule has 0 aliphatic heterocycles. The number of halogens is 2. The summed E-state index contributed by atoms with van der Waals surface area (Å²) >= 11 is 5.87. The molecule has 0 heterocycles. The molecule has 96 valence electrons. The van der Waals surface area contributed by atoms with Crippen LogP contribution in [0.1, 0.15) is 29.0 Å². The second-order valence-corrected chi connectivity index (χ2v) is 5.32. The van der Waals surface area contributed by atoms with Gasteiger partial charge in [0, 0.05) is 18.1 Å². The first-order valence-electron chi connectivity index (χ1n) is 6.24. The van der Waals surface area contributed by atoms with E-state index in [0.717, 1.165) is 5.56 Å². The average molecular weight is 274 g/mol. The Morgan fingerprint density at radius 3 is 2.74 bits per heavy atom. The molecule has 19 heavy (non-hydrogen) atoms. The fourth-order valence-electron chi connectivity index (χ4n) is 2.72. The van der Waals surface area contributed by atoms with Crippen LogP contribution in [-0.4, -0.2) is 5.71 Å². The van der Waals surface area contributed by atoms with Gasteiger partial charge in [0.15, 0.2) is 0 Å². The molecule has 0 fully saturated rings. The smallest absolute Gasteiger partial charge is 0.141 e. The van der Waals surface area contributed by atoms with E-state index < -0.39 is 5.82 Å². The van der Waals surface area contributed by atoms with E-state index in [9.17, 15) is 4.39 Å². The van der Waals surface area contributed by atoms with Crippen molar-refractivity contribution in [3.05, 3.63) is 70.0 Å². The predicted octanol–water partition coefficient (Wildman–Crippen LogP) is 4.58. The van der Waals surface area contributed by atoms with Gasteiger partial charge in [-0.25, -0.2) is 4.39 Å². The number of fused-ring (bicyclic) bond motifs is 1. The molecule has 1 aliphatic rings. The van der Waals surface area contributed by atoms with Crippen molar-refractivity contribution in [3.8, 4) is 0 Å². The molecular weight excluding hydrogens is 261 g/mol. The Bertz CT molecular complexity index is 651. The summed E-state index contributed by atoms with van der Waals surface area (Å²) in [6.07, 6.45) is 1.39. The average Bonchev–Trinajstić information content (AvgIpc) is 2.41. The van der Waals surface area contributed by atoms with Gasteiger partial charge in [-0.2, -0.15) is 0 Å². The molecule has 3 rings (SSSR count). The molecule has 1 atom stereocenters. The third-order valence-electron chi connectivity index (χ3n) is 3.63. The molecule has 0 spiro atoms. The van der Waals surface area contributed by atoms with Gasteiger partial charge in [0.2, 0.25) is 0 Å². The molecular formula is C16H13ClFN. The Labute approximate surface area is 116 Å². The Morgan fingerprint density at radius 2 is 1.95 bits per heavy atom. The monoisotopic (exact) mass is 273 g/mol. The Morgan fingerprint density at radius 1 is 1.16 bits per heavy atom. The van der Waals surface area contributed by atoms with E-state index in [1.165, 1.54) is 17.2 Å². The summed E-state index contributed by atoms with van der Waals surface area (Å²) in [5.41, 5.74) is 4.10. The number of nitrogens with one attached hydrogen (secondary N) is 1. The van der Waals surface area contributed by atoms with Crippen molar-refractivity contribution in [2.45, 2.75) is 18.8 Å². The Kier molecular flexibility index (Phi) is 3.11. The highest BCUT2D eigenvalue weighted by atomic mass is 35.5. The predicted molar refractivity (Wildman–Crippen MR) is 75.7 cm³/mol. The Hall–Kier alpha value is -1.67. The fourth-order valence-corrected chi connectivity index (χ4v) is 2.91. The minimum Gasteiger partial charge on any atom is -0.309 e. The van der Waals surface area contributed by atoms with Crippen LogP contribution in [-0.2, 0) is 6.42 Å². The number of rotatable bonds is 1. The van der Waals surface area contributed by atoms with Crippen molar-refractivity contribution in [3.63, 3.8) is 0 Å². The van der Waals surface area contributed by atoms with Crippen LogP contribution in [0.5, 0.6) is 0 Å². The molecule has 0 aromatic heterocycles. The second kappa shape index (κ2) is 4.78. The van der Waals surface area contributed by atoms with E-state index in [2.05, 4.69) is 12.1 Å². The zero-order valence-corrected chi connectivity index (χ0v) is 11.0. The van der Waals surface area contributed by atoms with E-state index in [0.29, 0.717) is 18.6 Å². The summed E-state index contributed by atoms with van der Waals surface area (Å²) in [7, 11) is 0. The van der Waals surface area contributed by atoms with Gasteiger partial charge in [0.1, 0.15) is 5.82 Å². The lowest BCUT2D eigenvalue weighted by Gasteiger charge is -2.26. The van der Waals surface area contributed by atoms with E-state index in [1.54, 1.807) is 12.1 Å². The third kappa shape index (κ3) is 2.28. The summed E-state index contributed by atoms with van der Waals surface area (Å²) < 4.78 is 13.3. The highest BCUT2D eigenvalue weighted by molar-refractivity contribution is 6.30. The SMILES string of the molecule is N=C1Cc2ccccc2C(c2ccc(F)c(Cl)c2)C1. The van der Waals surface area contributed by atoms with Crippen molar-refractivity contribution >= 4 is 17.3 Å². The van der Waals surface area contributed by atoms with Crippen molar-refractivity contribution in [1.82, 2.24) is 0 Å². The van der Waals surface area contributed by atoms with Gasteiger partial charge in [-0.05, 0) is 35.2 Å². The maximum Gasteiger partial charge on any atom is 0.141 e. The van der Waals surface area contributed by atoms with Crippen LogP contribution in [0.15, 0.2) is 42.5 Å². The first-order valence-corrected chi connectivity index (χ1v) is 6.62. The Balaban J connectivity index is 2.09. The number of benzene rings is 2. The molecule has 1 unspecified atom stereocenters. The minimum atomic E-state index is -0.399. The molecule has 0 saturated carbocycles. The van der Waals surface area contributed by atoms with Gasteiger partial charge in [-0.15, -0.1) is 0 Å². The maximum atomic E-state index is 13.3. The standard InChI is InChI=1S/C16H13ClFN/c17-15-8-11(5-6-16(15)18)14-9-12(19)7-10-3-1-2-4-13(10)14/h1-6,8,14,19H,7,9H2. The molecule has 2 aromatic carbocycles. The van der Waals surface area contributed by atoms with Crippen molar-refractivity contribution in [2.24, 2.45) is 0 Å². The van der Waals surface area contributed by atoms with Crippen molar-refractivity contribution in [2.75, 3.05) is 0 Å². The lowest BCUT2D eigenvalue weighted by Crippen LogP contribution is -2.18. The molecule has 3 heteroatoms. The molecule has 0 amide bonds. The van der Waals surface area contributed by atoms with E-state index in [-0.39, 0.29) is 10.9 Å². The van der Waals surface area contributed by atoms with Crippen LogP contribution in [0.3, 0.4) is 0 Å². The zero-order chi connectivity index (χ0) is 13.4. The minimum absolute atomic E-state index is 0.107. The van der Waals surface area contributed by atoms with Crippen LogP contribution in [0.25, 0.3) is 0 Å². The number of hydrogen-bond donors (Lipinski definition) is 1. The van der Waals surface area contributed by atoms with Crippen molar-refractivity contribution < 1.29 is 4.39 Å². The molecule has 0 bridgehead atoms. The summed E-state index contributed by atoms with van der Waals surface area (Å²) in [6, 6.07) is 13.0. The first kappa shape index (κ1) is 12.4. The largest absolute Gasteiger partial charge is 0.309 e. The van der Waals surface area contributed by atoms with E-state index in [4.69, 9.17) is 17.0 Å². The summed E-state index contributed by atoms with van der Waals surface area (Å²) in [5, 5.41) is 8.13. The fraction of sp³-hybridized carbons (Fsp3) is 0.188. The zero-order valence-electron chi connectivity index (χ0n) is 10.3. The molecule has 1 nitrogen and oxygen atoms in total. The van der Waals surface area contributed by atoms with E-state index >= 15 is 0 Å². The quantitative estimate of drug-likeness (QED) is 0.787. The van der Waals surface area contributed by atoms with Crippen molar-refractivity contribution in [1.29, 1.82) is 5.41 Å². The molecule has 1 aliphatic carbocycles. The van der Waals surface area contributed by atoms with Gasteiger partial charge in [0.05, 0.1) is 5.02 Å². The topological polar surface area (TPSA) is 23.9 Å². The third-order valence-corrected chi connectivity index (χ3v) is 3.92. The van der Waals surface area contributed by atoms with Gasteiger partial charge >= 0.3 is 0 Å². The molecule has 0 radical (unpaired) electrons. The second-order valence-electron chi connectivity index (χ2n) is 4.91.